The first-order valence-electron chi connectivity index (χ1n) is 6.13. The van der Waals surface area contributed by atoms with Gasteiger partial charge < -0.3 is 4.74 Å². The van der Waals surface area contributed by atoms with Crippen LogP contribution in [0.5, 0.6) is 0 Å². The van der Waals surface area contributed by atoms with Crippen LogP contribution < -0.4 is 5.32 Å². The molecule has 2 aliphatic rings. The second-order valence-electron chi connectivity index (χ2n) is 5.05. The van der Waals surface area contributed by atoms with Gasteiger partial charge in [-0.05, 0) is 38.5 Å². The topological polar surface area (TPSA) is 21.3 Å². The molecule has 2 heteroatoms. The van der Waals surface area contributed by atoms with Crippen LogP contribution in [0.4, 0.5) is 0 Å². The van der Waals surface area contributed by atoms with E-state index in [0.29, 0.717) is 5.41 Å². The van der Waals surface area contributed by atoms with Gasteiger partial charge in [-0.2, -0.15) is 0 Å². The SMILES string of the molecule is CCC1(CC)CNC2(CCCC2)OC1. The number of hydrogen-bond acceptors (Lipinski definition) is 2. The van der Waals surface area contributed by atoms with E-state index in [-0.39, 0.29) is 5.72 Å². The fraction of sp³-hybridized carbons (Fsp3) is 1.00. The summed E-state index contributed by atoms with van der Waals surface area (Å²) in [5, 5.41) is 3.66. The van der Waals surface area contributed by atoms with Crippen molar-refractivity contribution in [2.24, 2.45) is 5.41 Å². The average molecular weight is 197 g/mol. The summed E-state index contributed by atoms with van der Waals surface area (Å²) in [5.74, 6) is 0. The lowest BCUT2D eigenvalue weighted by atomic mass is 9.81. The van der Waals surface area contributed by atoms with Crippen molar-refractivity contribution in [1.82, 2.24) is 5.32 Å². The highest BCUT2D eigenvalue weighted by molar-refractivity contribution is 4.93. The largest absolute Gasteiger partial charge is 0.360 e. The van der Waals surface area contributed by atoms with E-state index in [0.717, 1.165) is 13.2 Å². The molecular weight excluding hydrogens is 174 g/mol. The Balaban J connectivity index is 1.96. The van der Waals surface area contributed by atoms with Crippen molar-refractivity contribution in [3.63, 3.8) is 0 Å². The third-order valence-corrected chi connectivity index (χ3v) is 4.35. The van der Waals surface area contributed by atoms with Crippen molar-refractivity contribution >= 4 is 0 Å². The maximum Gasteiger partial charge on any atom is 0.119 e. The quantitative estimate of drug-likeness (QED) is 0.735. The number of ether oxygens (including phenoxy) is 1. The fourth-order valence-corrected chi connectivity index (χ4v) is 2.71. The standard InChI is InChI=1S/C12H23NO/c1-3-11(4-2)9-13-12(14-10-11)7-5-6-8-12/h13H,3-10H2,1-2H3. The van der Waals surface area contributed by atoms with E-state index in [1.807, 2.05) is 0 Å². The van der Waals surface area contributed by atoms with Crippen LogP contribution in [-0.4, -0.2) is 18.9 Å². The van der Waals surface area contributed by atoms with Gasteiger partial charge >= 0.3 is 0 Å². The molecule has 0 unspecified atom stereocenters. The summed E-state index contributed by atoms with van der Waals surface area (Å²) in [6.45, 7) is 6.68. The van der Waals surface area contributed by atoms with Crippen molar-refractivity contribution in [3.05, 3.63) is 0 Å². The minimum Gasteiger partial charge on any atom is -0.360 e. The molecule has 1 aliphatic carbocycles. The maximum atomic E-state index is 6.11. The molecule has 14 heavy (non-hydrogen) atoms. The van der Waals surface area contributed by atoms with Crippen LogP contribution in [-0.2, 0) is 4.74 Å². The Labute approximate surface area is 87.4 Å². The van der Waals surface area contributed by atoms with Crippen LogP contribution in [0.1, 0.15) is 52.4 Å². The van der Waals surface area contributed by atoms with E-state index < -0.39 is 0 Å². The molecule has 1 heterocycles. The zero-order valence-corrected chi connectivity index (χ0v) is 9.57. The van der Waals surface area contributed by atoms with E-state index in [1.165, 1.54) is 38.5 Å². The number of nitrogens with one attached hydrogen (secondary N) is 1. The van der Waals surface area contributed by atoms with Gasteiger partial charge in [0.2, 0.25) is 0 Å². The summed E-state index contributed by atoms with van der Waals surface area (Å²) in [5.41, 5.74) is 0.488. The van der Waals surface area contributed by atoms with E-state index in [2.05, 4.69) is 19.2 Å². The molecule has 1 saturated heterocycles. The molecule has 82 valence electrons. The van der Waals surface area contributed by atoms with E-state index in [9.17, 15) is 0 Å². The molecule has 1 spiro atoms. The molecule has 0 aromatic carbocycles. The molecule has 0 aromatic heterocycles. The van der Waals surface area contributed by atoms with Crippen molar-refractivity contribution in [2.45, 2.75) is 58.1 Å². The summed E-state index contributed by atoms with van der Waals surface area (Å²) in [4.78, 5) is 0. The lowest BCUT2D eigenvalue weighted by Gasteiger charge is -2.45. The van der Waals surface area contributed by atoms with Gasteiger partial charge in [0, 0.05) is 12.0 Å². The van der Waals surface area contributed by atoms with Gasteiger partial charge in [0.25, 0.3) is 0 Å². The normalized spacial score (nSPS) is 29.6. The van der Waals surface area contributed by atoms with Crippen molar-refractivity contribution in [2.75, 3.05) is 13.2 Å². The highest BCUT2D eigenvalue weighted by Gasteiger charge is 2.42. The predicted molar refractivity (Wildman–Crippen MR) is 58.2 cm³/mol. The van der Waals surface area contributed by atoms with Crippen molar-refractivity contribution in [1.29, 1.82) is 0 Å². The molecule has 1 saturated carbocycles. The highest BCUT2D eigenvalue weighted by atomic mass is 16.5. The second-order valence-corrected chi connectivity index (χ2v) is 5.05. The van der Waals surface area contributed by atoms with Crippen LogP contribution in [0, 0.1) is 5.41 Å². The summed E-state index contributed by atoms with van der Waals surface area (Å²) in [6, 6.07) is 0. The van der Waals surface area contributed by atoms with E-state index in [4.69, 9.17) is 4.74 Å². The summed E-state index contributed by atoms with van der Waals surface area (Å²) >= 11 is 0. The summed E-state index contributed by atoms with van der Waals surface area (Å²) in [6.07, 6.45) is 7.56. The van der Waals surface area contributed by atoms with E-state index >= 15 is 0 Å². The predicted octanol–water partition coefficient (Wildman–Crippen LogP) is 2.68. The molecule has 0 aromatic rings. The minimum absolute atomic E-state index is 0.0772. The summed E-state index contributed by atoms with van der Waals surface area (Å²) in [7, 11) is 0. The molecule has 2 rings (SSSR count). The Bertz CT molecular complexity index is 174. The second kappa shape index (κ2) is 3.82. The van der Waals surface area contributed by atoms with Crippen LogP contribution >= 0.6 is 0 Å². The molecule has 2 nitrogen and oxygen atoms in total. The first kappa shape index (κ1) is 10.4. The van der Waals surface area contributed by atoms with Gasteiger partial charge in [0.1, 0.15) is 5.72 Å². The number of hydrogen-bond donors (Lipinski definition) is 1. The molecule has 1 N–H and O–H groups in total. The first-order chi connectivity index (χ1) is 6.74. The van der Waals surface area contributed by atoms with Gasteiger partial charge in [-0.25, -0.2) is 0 Å². The minimum atomic E-state index is 0.0772. The molecule has 0 atom stereocenters. The average Bonchev–Trinajstić information content (AvgIpc) is 2.69. The maximum absolute atomic E-state index is 6.11. The molecule has 0 bridgehead atoms. The molecule has 0 radical (unpaired) electrons. The smallest absolute Gasteiger partial charge is 0.119 e. The van der Waals surface area contributed by atoms with Crippen molar-refractivity contribution in [3.8, 4) is 0 Å². The van der Waals surface area contributed by atoms with Crippen molar-refractivity contribution < 1.29 is 4.74 Å². The zero-order chi connectivity index (χ0) is 10.1. The molecular formula is C12H23NO. The van der Waals surface area contributed by atoms with Gasteiger partial charge in [-0.15, -0.1) is 0 Å². The lowest BCUT2D eigenvalue weighted by molar-refractivity contribution is -0.143. The van der Waals surface area contributed by atoms with Crippen LogP contribution in [0.15, 0.2) is 0 Å². The Hall–Kier alpha value is -0.0800. The van der Waals surface area contributed by atoms with Gasteiger partial charge in [0.05, 0.1) is 6.61 Å². The highest BCUT2D eigenvalue weighted by Crippen LogP contribution is 2.38. The summed E-state index contributed by atoms with van der Waals surface area (Å²) < 4.78 is 6.11. The molecule has 2 fully saturated rings. The van der Waals surface area contributed by atoms with Crippen LogP contribution in [0.3, 0.4) is 0 Å². The van der Waals surface area contributed by atoms with E-state index in [1.54, 1.807) is 0 Å². The Morgan fingerprint density at radius 3 is 2.21 bits per heavy atom. The third-order valence-electron chi connectivity index (χ3n) is 4.35. The molecule has 1 aliphatic heterocycles. The number of rotatable bonds is 2. The third kappa shape index (κ3) is 1.70. The van der Waals surface area contributed by atoms with Crippen LogP contribution in [0.2, 0.25) is 0 Å². The lowest BCUT2D eigenvalue weighted by Crippen LogP contribution is -2.57. The van der Waals surface area contributed by atoms with Gasteiger partial charge in [-0.3, -0.25) is 5.32 Å². The fourth-order valence-electron chi connectivity index (χ4n) is 2.71. The van der Waals surface area contributed by atoms with Gasteiger partial charge in [-0.1, -0.05) is 13.8 Å². The monoisotopic (exact) mass is 197 g/mol. The molecule has 0 amide bonds. The Morgan fingerprint density at radius 1 is 1.14 bits per heavy atom. The Kier molecular flexibility index (Phi) is 2.85. The Morgan fingerprint density at radius 2 is 1.79 bits per heavy atom. The van der Waals surface area contributed by atoms with Crippen LogP contribution in [0.25, 0.3) is 0 Å². The zero-order valence-electron chi connectivity index (χ0n) is 9.57. The first-order valence-corrected chi connectivity index (χ1v) is 6.13. The van der Waals surface area contributed by atoms with Gasteiger partial charge in [0.15, 0.2) is 0 Å².